The van der Waals surface area contributed by atoms with E-state index in [9.17, 15) is 0 Å². The first-order chi connectivity index (χ1) is 11.7. The van der Waals surface area contributed by atoms with E-state index >= 15 is 0 Å². The third kappa shape index (κ3) is 3.35. The molecule has 2 aliphatic heterocycles. The lowest BCUT2D eigenvalue weighted by Crippen LogP contribution is -2.41. The van der Waals surface area contributed by atoms with Crippen molar-refractivity contribution in [2.24, 2.45) is 0 Å². The molecule has 0 saturated carbocycles. The van der Waals surface area contributed by atoms with Crippen molar-refractivity contribution in [3.63, 3.8) is 0 Å². The molecule has 142 valence electrons. The number of rotatable bonds is 2. The van der Waals surface area contributed by atoms with Gasteiger partial charge in [0.05, 0.1) is 22.4 Å². The Morgan fingerprint density at radius 3 is 1.04 bits per heavy atom. The summed E-state index contributed by atoms with van der Waals surface area (Å²) in [7, 11) is -0.865. The summed E-state index contributed by atoms with van der Waals surface area (Å²) in [6.45, 7) is 16.4. The van der Waals surface area contributed by atoms with Crippen molar-refractivity contribution in [1.29, 1.82) is 0 Å². The standard InChI is InChI=1S/C18H26B2Br2O4/c1-15(2)16(3,4)24-19(23-15)11-9-14(22)12(10-13(11)21)20-25-17(5,6)18(7,8)26-20/h9-10H,1-8H3. The molecule has 0 amide bonds. The summed E-state index contributed by atoms with van der Waals surface area (Å²) in [5.41, 5.74) is 0.357. The molecule has 0 radical (unpaired) electrons. The van der Waals surface area contributed by atoms with E-state index in [2.05, 4.69) is 87.2 Å². The second-order valence-electron chi connectivity index (χ2n) is 9.07. The van der Waals surface area contributed by atoms with Crippen LogP contribution in [0.5, 0.6) is 0 Å². The molecule has 26 heavy (non-hydrogen) atoms. The lowest BCUT2D eigenvalue weighted by molar-refractivity contribution is 0.00578. The minimum absolute atomic E-state index is 0.381. The Morgan fingerprint density at radius 1 is 0.577 bits per heavy atom. The normalized spacial score (nSPS) is 25.8. The van der Waals surface area contributed by atoms with Crippen molar-refractivity contribution >= 4 is 57.0 Å². The van der Waals surface area contributed by atoms with Crippen molar-refractivity contribution in [2.75, 3.05) is 0 Å². The van der Waals surface area contributed by atoms with Crippen LogP contribution >= 0.6 is 31.9 Å². The highest BCUT2D eigenvalue weighted by Crippen LogP contribution is 2.39. The molecule has 0 aliphatic carbocycles. The van der Waals surface area contributed by atoms with E-state index in [0.29, 0.717) is 0 Å². The summed E-state index contributed by atoms with van der Waals surface area (Å²) in [6, 6.07) is 4.04. The van der Waals surface area contributed by atoms with Gasteiger partial charge in [0.15, 0.2) is 0 Å². The molecule has 0 spiro atoms. The SMILES string of the molecule is CC1(C)OB(c2cc(Br)c(B3OC(C)(C)C(C)(C)O3)cc2Br)OC1(C)C. The van der Waals surface area contributed by atoms with E-state index in [1.165, 1.54) is 0 Å². The quantitative estimate of drug-likeness (QED) is 0.595. The molecule has 4 nitrogen and oxygen atoms in total. The Kier molecular flexibility index (Phi) is 5.08. The van der Waals surface area contributed by atoms with Crippen molar-refractivity contribution in [3.05, 3.63) is 21.1 Å². The van der Waals surface area contributed by atoms with Gasteiger partial charge in [0.25, 0.3) is 0 Å². The van der Waals surface area contributed by atoms with Crippen LogP contribution in [0.1, 0.15) is 55.4 Å². The average molecular weight is 488 g/mol. The molecular weight excluding hydrogens is 462 g/mol. The molecule has 2 heterocycles. The number of halogens is 2. The van der Waals surface area contributed by atoms with Gasteiger partial charge in [0.2, 0.25) is 0 Å². The zero-order chi connectivity index (χ0) is 19.7. The van der Waals surface area contributed by atoms with Gasteiger partial charge < -0.3 is 18.6 Å². The molecule has 1 aromatic carbocycles. The summed E-state index contributed by atoms with van der Waals surface area (Å²) in [6.07, 6.45) is 0. The molecule has 2 fully saturated rings. The van der Waals surface area contributed by atoms with Crippen LogP contribution in [0.4, 0.5) is 0 Å². The molecule has 8 heteroatoms. The summed E-state index contributed by atoms with van der Waals surface area (Å²) in [5, 5.41) is 0. The fraction of sp³-hybridized carbons (Fsp3) is 0.667. The Bertz CT molecular complexity index is 640. The van der Waals surface area contributed by atoms with E-state index in [4.69, 9.17) is 18.6 Å². The fourth-order valence-electron chi connectivity index (χ4n) is 2.88. The highest BCUT2D eigenvalue weighted by molar-refractivity contribution is 9.11. The Balaban J connectivity index is 1.92. The molecule has 0 unspecified atom stereocenters. The Morgan fingerprint density at radius 2 is 0.808 bits per heavy atom. The number of benzene rings is 1. The van der Waals surface area contributed by atoms with Gasteiger partial charge in [-0.25, -0.2) is 0 Å². The van der Waals surface area contributed by atoms with Crippen LogP contribution in [0.2, 0.25) is 0 Å². The van der Waals surface area contributed by atoms with Crippen molar-refractivity contribution in [3.8, 4) is 0 Å². The first-order valence-corrected chi connectivity index (χ1v) is 10.5. The smallest absolute Gasteiger partial charge is 0.399 e. The van der Waals surface area contributed by atoms with E-state index in [1.54, 1.807) is 0 Å². The predicted octanol–water partition coefficient (Wildman–Crippen LogP) is 3.81. The summed E-state index contributed by atoms with van der Waals surface area (Å²) < 4.78 is 26.5. The first-order valence-electron chi connectivity index (χ1n) is 8.87. The van der Waals surface area contributed by atoms with Crippen LogP contribution in [-0.2, 0) is 18.6 Å². The minimum atomic E-state index is -0.432. The Hall–Kier alpha value is 0.150. The van der Waals surface area contributed by atoms with Gasteiger partial charge in [-0.3, -0.25) is 0 Å². The average Bonchev–Trinajstić information content (AvgIpc) is 2.80. The van der Waals surface area contributed by atoms with Gasteiger partial charge in [0, 0.05) is 8.95 Å². The van der Waals surface area contributed by atoms with Crippen molar-refractivity contribution < 1.29 is 18.6 Å². The highest BCUT2D eigenvalue weighted by Gasteiger charge is 2.54. The maximum atomic E-state index is 6.18. The van der Waals surface area contributed by atoms with Crippen LogP contribution in [0, 0.1) is 0 Å². The molecule has 0 aromatic heterocycles. The van der Waals surface area contributed by atoms with Gasteiger partial charge in [-0.2, -0.15) is 0 Å². The van der Waals surface area contributed by atoms with Crippen LogP contribution < -0.4 is 10.9 Å². The van der Waals surface area contributed by atoms with Gasteiger partial charge in [-0.05, 0) is 78.4 Å². The zero-order valence-corrected chi connectivity index (χ0v) is 19.9. The largest absolute Gasteiger partial charge is 0.496 e. The molecule has 0 atom stereocenters. The maximum Gasteiger partial charge on any atom is 0.496 e. The van der Waals surface area contributed by atoms with Gasteiger partial charge in [-0.15, -0.1) is 0 Å². The predicted molar refractivity (Wildman–Crippen MR) is 113 cm³/mol. The third-order valence-electron chi connectivity index (χ3n) is 6.13. The van der Waals surface area contributed by atoms with E-state index < -0.39 is 14.2 Å². The van der Waals surface area contributed by atoms with E-state index in [0.717, 1.165) is 19.9 Å². The lowest BCUT2D eigenvalue weighted by Gasteiger charge is -2.32. The van der Waals surface area contributed by atoms with Crippen LogP contribution in [-0.4, -0.2) is 36.6 Å². The third-order valence-corrected chi connectivity index (χ3v) is 7.50. The number of hydrogen-bond acceptors (Lipinski definition) is 4. The molecule has 0 N–H and O–H groups in total. The monoisotopic (exact) mass is 486 g/mol. The highest BCUT2D eigenvalue weighted by atomic mass is 79.9. The lowest BCUT2D eigenvalue weighted by atomic mass is 9.74. The second-order valence-corrected chi connectivity index (χ2v) is 10.8. The van der Waals surface area contributed by atoms with Crippen LogP contribution in [0.15, 0.2) is 21.1 Å². The molecule has 2 saturated heterocycles. The van der Waals surface area contributed by atoms with Gasteiger partial charge in [-0.1, -0.05) is 31.9 Å². The molecule has 1 aromatic rings. The van der Waals surface area contributed by atoms with Gasteiger partial charge >= 0.3 is 14.2 Å². The van der Waals surface area contributed by atoms with E-state index in [1.807, 2.05) is 12.1 Å². The van der Waals surface area contributed by atoms with Crippen LogP contribution in [0.25, 0.3) is 0 Å². The summed E-state index contributed by atoms with van der Waals surface area (Å²) >= 11 is 7.36. The van der Waals surface area contributed by atoms with Crippen molar-refractivity contribution in [1.82, 2.24) is 0 Å². The zero-order valence-electron chi connectivity index (χ0n) is 16.7. The summed E-state index contributed by atoms with van der Waals surface area (Å²) in [5.74, 6) is 0. The summed E-state index contributed by atoms with van der Waals surface area (Å²) in [4.78, 5) is 0. The molecule has 3 rings (SSSR count). The van der Waals surface area contributed by atoms with Crippen molar-refractivity contribution in [2.45, 2.75) is 77.8 Å². The van der Waals surface area contributed by atoms with Crippen LogP contribution in [0.3, 0.4) is 0 Å². The molecular formula is C18H26B2Br2O4. The maximum absolute atomic E-state index is 6.18. The first kappa shape index (κ1) is 20.9. The Labute approximate surface area is 174 Å². The molecule has 0 bridgehead atoms. The number of hydrogen-bond donors (Lipinski definition) is 0. The fourth-order valence-corrected chi connectivity index (χ4v) is 3.97. The minimum Gasteiger partial charge on any atom is -0.399 e. The second kappa shape index (κ2) is 6.33. The topological polar surface area (TPSA) is 36.9 Å². The molecule has 2 aliphatic rings. The van der Waals surface area contributed by atoms with E-state index in [-0.39, 0.29) is 22.4 Å². The van der Waals surface area contributed by atoms with Gasteiger partial charge in [0.1, 0.15) is 0 Å².